The zero-order valence-electron chi connectivity index (χ0n) is 11.5. The highest BCUT2D eigenvalue weighted by atomic mass is 79.9. The molecule has 1 amide bonds. The Morgan fingerprint density at radius 1 is 1.50 bits per heavy atom. The van der Waals surface area contributed by atoms with Crippen LogP contribution in [0.3, 0.4) is 0 Å². The lowest BCUT2D eigenvalue weighted by molar-refractivity contribution is -0.122. The summed E-state index contributed by atoms with van der Waals surface area (Å²) in [7, 11) is 0. The quantitative estimate of drug-likeness (QED) is 0.863. The minimum Gasteiger partial charge on any atom is -0.488 e. The molecule has 20 heavy (non-hydrogen) atoms. The largest absolute Gasteiger partial charge is 0.488 e. The van der Waals surface area contributed by atoms with Crippen LogP contribution >= 0.6 is 15.9 Å². The van der Waals surface area contributed by atoms with E-state index in [-0.39, 0.29) is 18.1 Å². The first-order valence-corrected chi connectivity index (χ1v) is 7.90. The Hall–Kier alpha value is -1.07. The molecule has 1 aromatic carbocycles. The van der Waals surface area contributed by atoms with Gasteiger partial charge in [0.05, 0.1) is 6.04 Å². The van der Waals surface area contributed by atoms with Gasteiger partial charge in [-0.2, -0.15) is 0 Å². The monoisotopic (exact) mass is 338 g/mol. The van der Waals surface area contributed by atoms with Crippen molar-refractivity contribution in [1.82, 2.24) is 10.6 Å². The van der Waals surface area contributed by atoms with Gasteiger partial charge in [-0.25, -0.2) is 0 Å². The molecule has 2 aliphatic rings. The molecule has 0 saturated heterocycles. The summed E-state index contributed by atoms with van der Waals surface area (Å²) in [5.74, 6) is 1.04. The van der Waals surface area contributed by atoms with Gasteiger partial charge < -0.3 is 15.4 Å². The standard InChI is InChI=1S/C15H19BrN2O2/c1-9(15(19)18-12-3-4-12)17-8-13-7-10-6-11(16)2-5-14(10)20-13/h2,5-6,9,12-13,17H,3-4,7-8H2,1H3,(H,18,19). The Morgan fingerprint density at radius 2 is 2.30 bits per heavy atom. The van der Waals surface area contributed by atoms with E-state index in [9.17, 15) is 4.79 Å². The highest BCUT2D eigenvalue weighted by Crippen LogP contribution is 2.30. The second-order valence-electron chi connectivity index (χ2n) is 5.61. The molecular formula is C15H19BrN2O2. The molecule has 2 atom stereocenters. The number of amides is 1. The minimum atomic E-state index is -0.172. The number of ether oxygens (including phenoxy) is 1. The van der Waals surface area contributed by atoms with E-state index in [2.05, 4.69) is 32.6 Å². The summed E-state index contributed by atoms with van der Waals surface area (Å²) in [6.45, 7) is 2.59. The molecule has 2 N–H and O–H groups in total. The van der Waals surface area contributed by atoms with Crippen molar-refractivity contribution in [2.75, 3.05) is 6.54 Å². The number of rotatable bonds is 5. The Morgan fingerprint density at radius 3 is 3.05 bits per heavy atom. The van der Waals surface area contributed by atoms with E-state index in [4.69, 9.17) is 4.74 Å². The van der Waals surface area contributed by atoms with Crippen LogP contribution in [0.25, 0.3) is 0 Å². The first-order valence-electron chi connectivity index (χ1n) is 7.10. The Balaban J connectivity index is 1.47. The van der Waals surface area contributed by atoms with E-state index in [1.165, 1.54) is 5.56 Å². The van der Waals surface area contributed by atoms with Crippen molar-refractivity contribution < 1.29 is 9.53 Å². The predicted molar refractivity (Wildman–Crippen MR) is 80.9 cm³/mol. The van der Waals surface area contributed by atoms with Gasteiger partial charge in [0.15, 0.2) is 0 Å². The lowest BCUT2D eigenvalue weighted by Gasteiger charge is -2.17. The molecule has 1 aromatic rings. The van der Waals surface area contributed by atoms with Crippen molar-refractivity contribution in [3.8, 4) is 5.75 Å². The topological polar surface area (TPSA) is 50.4 Å². The fourth-order valence-corrected chi connectivity index (χ4v) is 2.77. The highest BCUT2D eigenvalue weighted by Gasteiger charge is 2.27. The summed E-state index contributed by atoms with van der Waals surface area (Å²) < 4.78 is 6.95. The molecule has 3 rings (SSSR count). The first kappa shape index (κ1) is 13.9. The van der Waals surface area contributed by atoms with Gasteiger partial charge in [-0.1, -0.05) is 15.9 Å². The summed E-state index contributed by atoms with van der Waals surface area (Å²) >= 11 is 3.47. The number of carbonyl (C=O) groups excluding carboxylic acids is 1. The highest BCUT2D eigenvalue weighted by molar-refractivity contribution is 9.10. The van der Waals surface area contributed by atoms with E-state index in [0.29, 0.717) is 12.6 Å². The molecule has 0 spiro atoms. The number of hydrogen-bond donors (Lipinski definition) is 2. The van der Waals surface area contributed by atoms with Crippen molar-refractivity contribution in [1.29, 1.82) is 0 Å². The van der Waals surface area contributed by atoms with Crippen molar-refractivity contribution in [2.24, 2.45) is 0 Å². The first-order chi connectivity index (χ1) is 9.61. The zero-order chi connectivity index (χ0) is 14.1. The molecule has 1 fully saturated rings. The van der Waals surface area contributed by atoms with Crippen LogP contribution in [-0.2, 0) is 11.2 Å². The van der Waals surface area contributed by atoms with Crippen LogP contribution < -0.4 is 15.4 Å². The average molecular weight is 339 g/mol. The Kier molecular flexibility index (Phi) is 3.98. The van der Waals surface area contributed by atoms with Crippen molar-refractivity contribution >= 4 is 21.8 Å². The molecule has 108 valence electrons. The van der Waals surface area contributed by atoms with Gasteiger partial charge in [-0.15, -0.1) is 0 Å². The van der Waals surface area contributed by atoms with E-state index >= 15 is 0 Å². The maximum Gasteiger partial charge on any atom is 0.237 e. The molecule has 1 saturated carbocycles. The maximum atomic E-state index is 11.8. The zero-order valence-corrected chi connectivity index (χ0v) is 13.1. The Labute approximate surface area is 127 Å². The van der Waals surface area contributed by atoms with Gasteiger partial charge in [0.2, 0.25) is 5.91 Å². The van der Waals surface area contributed by atoms with E-state index in [1.807, 2.05) is 19.1 Å². The minimum absolute atomic E-state index is 0.0887. The number of fused-ring (bicyclic) bond motifs is 1. The van der Waals surface area contributed by atoms with Gasteiger partial charge in [-0.05, 0) is 43.5 Å². The van der Waals surface area contributed by atoms with Gasteiger partial charge in [0, 0.05) is 23.5 Å². The molecule has 0 bridgehead atoms. The molecule has 2 unspecified atom stereocenters. The second kappa shape index (κ2) is 5.74. The van der Waals surface area contributed by atoms with Crippen LogP contribution in [0.5, 0.6) is 5.75 Å². The number of carbonyl (C=O) groups is 1. The summed E-state index contributed by atoms with van der Waals surface area (Å²) in [4.78, 5) is 11.8. The molecule has 5 heteroatoms. The average Bonchev–Trinajstić information content (AvgIpc) is 3.13. The number of hydrogen-bond acceptors (Lipinski definition) is 3. The molecule has 4 nitrogen and oxygen atoms in total. The van der Waals surface area contributed by atoms with Crippen LogP contribution in [0.2, 0.25) is 0 Å². The van der Waals surface area contributed by atoms with Gasteiger partial charge >= 0.3 is 0 Å². The lowest BCUT2D eigenvalue weighted by Crippen LogP contribution is -2.46. The predicted octanol–water partition coefficient (Wildman–Crippen LogP) is 2.01. The van der Waals surface area contributed by atoms with Gasteiger partial charge in [0.1, 0.15) is 11.9 Å². The van der Waals surface area contributed by atoms with Gasteiger partial charge in [-0.3, -0.25) is 4.79 Å². The number of halogens is 1. The van der Waals surface area contributed by atoms with Crippen molar-refractivity contribution in [3.63, 3.8) is 0 Å². The summed E-state index contributed by atoms with van der Waals surface area (Å²) in [6.07, 6.45) is 3.23. The van der Waals surface area contributed by atoms with E-state index in [0.717, 1.165) is 29.5 Å². The third kappa shape index (κ3) is 3.33. The summed E-state index contributed by atoms with van der Waals surface area (Å²) in [6, 6.07) is 6.31. The smallest absolute Gasteiger partial charge is 0.237 e. The van der Waals surface area contributed by atoms with Crippen molar-refractivity contribution in [3.05, 3.63) is 28.2 Å². The normalized spacial score (nSPS) is 22.0. The lowest BCUT2D eigenvalue weighted by atomic mass is 10.1. The molecule has 1 heterocycles. The number of nitrogens with one attached hydrogen (secondary N) is 2. The second-order valence-corrected chi connectivity index (χ2v) is 6.52. The van der Waals surface area contributed by atoms with Crippen LogP contribution in [0.4, 0.5) is 0 Å². The van der Waals surface area contributed by atoms with E-state index < -0.39 is 0 Å². The van der Waals surface area contributed by atoms with E-state index in [1.54, 1.807) is 0 Å². The Bertz CT molecular complexity index is 517. The van der Waals surface area contributed by atoms with Crippen LogP contribution in [0.1, 0.15) is 25.3 Å². The fraction of sp³-hybridized carbons (Fsp3) is 0.533. The van der Waals surface area contributed by atoms with Crippen LogP contribution in [-0.4, -0.2) is 30.6 Å². The molecule has 0 radical (unpaired) electrons. The van der Waals surface area contributed by atoms with Crippen LogP contribution in [0.15, 0.2) is 22.7 Å². The van der Waals surface area contributed by atoms with Crippen LogP contribution in [0, 0.1) is 0 Å². The summed E-state index contributed by atoms with van der Waals surface area (Å²) in [5.41, 5.74) is 1.22. The summed E-state index contributed by atoms with van der Waals surface area (Å²) in [5, 5.41) is 6.26. The maximum absolute atomic E-state index is 11.8. The van der Waals surface area contributed by atoms with Gasteiger partial charge in [0.25, 0.3) is 0 Å². The molecular weight excluding hydrogens is 320 g/mol. The number of benzene rings is 1. The third-order valence-corrected chi connectivity index (χ3v) is 4.23. The van der Waals surface area contributed by atoms with Crippen molar-refractivity contribution in [2.45, 2.75) is 44.4 Å². The molecule has 0 aromatic heterocycles. The molecule has 1 aliphatic heterocycles. The SMILES string of the molecule is CC(NCC1Cc2cc(Br)ccc2O1)C(=O)NC1CC1. The molecule has 1 aliphatic carbocycles. The fourth-order valence-electron chi connectivity index (χ4n) is 2.36. The third-order valence-electron chi connectivity index (χ3n) is 3.73.